The summed E-state index contributed by atoms with van der Waals surface area (Å²) in [5.74, 6) is 0.901. The molecule has 2 aromatic rings. The molecule has 2 aromatic carbocycles. The molecule has 0 heterocycles. The molecule has 0 spiro atoms. The van der Waals surface area contributed by atoms with E-state index in [1.165, 1.54) is 22.3 Å². The van der Waals surface area contributed by atoms with Gasteiger partial charge in [-0.1, -0.05) is 75.2 Å². The van der Waals surface area contributed by atoms with Crippen LogP contribution in [0.15, 0.2) is 36.4 Å². The molecule has 0 N–H and O–H groups in total. The Morgan fingerprint density at radius 1 is 0.714 bits per heavy atom. The van der Waals surface area contributed by atoms with Crippen molar-refractivity contribution in [2.75, 3.05) is 0 Å². The summed E-state index contributed by atoms with van der Waals surface area (Å²) in [5.41, 5.74) is 4.85. The van der Waals surface area contributed by atoms with Crippen LogP contribution in [0.25, 0.3) is 0 Å². The Hall–Kier alpha value is -0.980. The molecule has 0 fully saturated rings. The summed E-state index contributed by atoms with van der Waals surface area (Å²) >= 11 is 12.7. The molecule has 0 nitrogen and oxygen atoms in total. The van der Waals surface area contributed by atoms with Gasteiger partial charge in [-0.15, -0.1) is 0 Å². The number of hydrogen-bond donors (Lipinski definition) is 0. The molecule has 0 aliphatic heterocycles. The molecule has 0 saturated carbocycles. The van der Waals surface area contributed by atoms with Gasteiger partial charge in [0.2, 0.25) is 0 Å². The van der Waals surface area contributed by atoms with Crippen molar-refractivity contribution < 1.29 is 0 Å². The zero-order valence-electron chi connectivity index (χ0n) is 13.1. The third-order valence-corrected chi connectivity index (χ3v) is 4.44. The van der Waals surface area contributed by atoms with Gasteiger partial charge in [-0.3, -0.25) is 0 Å². The largest absolute Gasteiger partial charge is 0.0840 e. The summed E-state index contributed by atoms with van der Waals surface area (Å²) in [6.07, 6.45) is 0.857. The fraction of sp³-hybridized carbons (Fsp3) is 0.368. The van der Waals surface area contributed by atoms with E-state index in [1.54, 1.807) is 0 Å². The van der Waals surface area contributed by atoms with E-state index in [0.29, 0.717) is 11.8 Å². The zero-order chi connectivity index (χ0) is 15.6. The normalized spacial score (nSPS) is 11.4. The van der Waals surface area contributed by atoms with Crippen molar-refractivity contribution in [3.05, 3.63) is 68.7 Å². The monoisotopic (exact) mass is 320 g/mol. The summed E-state index contributed by atoms with van der Waals surface area (Å²) in [4.78, 5) is 0. The quantitative estimate of drug-likeness (QED) is 0.579. The Kier molecular flexibility index (Phi) is 5.35. The molecule has 0 unspecified atom stereocenters. The van der Waals surface area contributed by atoms with Gasteiger partial charge >= 0.3 is 0 Å². The first-order valence-corrected chi connectivity index (χ1v) is 8.20. The average Bonchev–Trinajstić information content (AvgIpc) is 2.37. The van der Waals surface area contributed by atoms with E-state index in [9.17, 15) is 0 Å². The van der Waals surface area contributed by atoms with E-state index in [0.717, 1.165) is 16.5 Å². The van der Waals surface area contributed by atoms with Crippen molar-refractivity contribution in [1.29, 1.82) is 0 Å². The standard InChI is InChI=1S/C19H22Cl2/c1-12(2)16-7-5-14(10-18(16)20)9-15-6-8-17(13(3)4)19(21)11-15/h5-8,10-13H,9H2,1-4H3. The molecule has 0 atom stereocenters. The second-order valence-electron chi connectivity index (χ2n) is 6.20. The number of hydrogen-bond acceptors (Lipinski definition) is 0. The Labute approximate surface area is 138 Å². The Morgan fingerprint density at radius 3 is 1.38 bits per heavy atom. The lowest BCUT2D eigenvalue weighted by molar-refractivity contribution is 0.864. The first-order chi connectivity index (χ1) is 9.88. The number of rotatable bonds is 4. The molecule has 2 heteroatoms. The van der Waals surface area contributed by atoms with E-state index in [-0.39, 0.29) is 0 Å². The Balaban J connectivity index is 2.22. The topological polar surface area (TPSA) is 0 Å². The molecule has 0 amide bonds. The lowest BCUT2D eigenvalue weighted by atomic mass is 9.96. The SMILES string of the molecule is CC(C)c1ccc(Cc2ccc(C(C)C)c(Cl)c2)cc1Cl. The summed E-state index contributed by atoms with van der Waals surface area (Å²) < 4.78 is 0. The van der Waals surface area contributed by atoms with E-state index in [2.05, 4.69) is 64.1 Å². The highest BCUT2D eigenvalue weighted by molar-refractivity contribution is 6.31. The van der Waals surface area contributed by atoms with Gasteiger partial charge in [0.15, 0.2) is 0 Å². The van der Waals surface area contributed by atoms with Gasteiger partial charge in [0.25, 0.3) is 0 Å². The zero-order valence-corrected chi connectivity index (χ0v) is 14.6. The van der Waals surface area contributed by atoms with Gasteiger partial charge < -0.3 is 0 Å². The summed E-state index contributed by atoms with van der Waals surface area (Å²) in [5, 5.41) is 1.71. The van der Waals surface area contributed by atoms with Crippen LogP contribution in [0.1, 0.15) is 61.8 Å². The molecule has 0 radical (unpaired) electrons. The van der Waals surface area contributed by atoms with Crippen molar-refractivity contribution in [1.82, 2.24) is 0 Å². The van der Waals surface area contributed by atoms with Crippen LogP contribution in [0.5, 0.6) is 0 Å². The van der Waals surface area contributed by atoms with Crippen LogP contribution in [0.4, 0.5) is 0 Å². The van der Waals surface area contributed by atoms with Gasteiger partial charge in [0.05, 0.1) is 0 Å². The van der Waals surface area contributed by atoms with Crippen molar-refractivity contribution in [2.24, 2.45) is 0 Å². The molecule has 0 bridgehead atoms. The molecule has 0 saturated heterocycles. The van der Waals surface area contributed by atoms with Gasteiger partial charge in [0, 0.05) is 10.0 Å². The summed E-state index contributed by atoms with van der Waals surface area (Å²) in [6, 6.07) is 12.7. The third-order valence-electron chi connectivity index (χ3n) is 3.78. The minimum Gasteiger partial charge on any atom is -0.0840 e. The second kappa shape index (κ2) is 6.85. The molecule has 0 aliphatic rings. The Bertz CT molecular complexity index is 572. The van der Waals surface area contributed by atoms with Crippen molar-refractivity contribution in [3.63, 3.8) is 0 Å². The van der Waals surface area contributed by atoms with E-state index in [1.807, 2.05) is 0 Å². The molecule has 0 aliphatic carbocycles. The van der Waals surface area contributed by atoms with Crippen molar-refractivity contribution in [2.45, 2.75) is 46.0 Å². The summed E-state index contributed by atoms with van der Waals surface area (Å²) in [6.45, 7) is 8.63. The predicted molar refractivity (Wildman–Crippen MR) is 93.9 cm³/mol. The highest BCUT2D eigenvalue weighted by atomic mass is 35.5. The molecule has 21 heavy (non-hydrogen) atoms. The maximum absolute atomic E-state index is 6.36. The lowest BCUT2D eigenvalue weighted by Gasteiger charge is -2.12. The highest BCUT2D eigenvalue weighted by Crippen LogP contribution is 2.28. The third kappa shape index (κ3) is 4.02. The average molecular weight is 321 g/mol. The lowest BCUT2D eigenvalue weighted by Crippen LogP contribution is -1.95. The van der Waals surface area contributed by atoms with Crippen LogP contribution in [-0.4, -0.2) is 0 Å². The van der Waals surface area contributed by atoms with Crippen LogP contribution in [0.2, 0.25) is 10.0 Å². The molecule has 112 valence electrons. The van der Waals surface area contributed by atoms with Crippen LogP contribution >= 0.6 is 23.2 Å². The first kappa shape index (κ1) is 16.4. The fourth-order valence-corrected chi connectivity index (χ4v) is 3.38. The van der Waals surface area contributed by atoms with Crippen molar-refractivity contribution in [3.8, 4) is 0 Å². The van der Waals surface area contributed by atoms with E-state index < -0.39 is 0 Å². The first-order valence-electron chi connectivity index (χ1n) is 7.45. The van der Waals surface area contributed by atoms with Gasteiger partial charge in [0.1, 0.15) is 0 Å². The minimum atomic E-state index is 0.450. The molecule has 0 aromatic heterocycles. The second-order valence-corrected chi connectivity index (χ2v) is 7.01. The molecular formula is C19H22Cl2. The highest BCUT2D eigenvalue weighted by Gasteiger charge is 2.08. The maximum atomic E-state index is 6.36. The summed E-state index contributed by atoms with van der Waals surface area (Å²) in [7, 11) is 0. The smallest absolute Gasteiger partial charge is 0.0443 e. The van der Waals surface area contributed by atoms with E-state index >= 15 is 0 Å². The number of benzene rings is 2. The predicted octanol–water partition coefficient (Wildman–Crippen LogP) is 6.83. The minimum absolute atomic E-state index is 0.450. The van der Waals surface area contributed by atoms with Crippen LogP contribution in [-0.2, 0) is 6.42 Å². The molecule has 2 rings (SSSR count). The maximum Gasteiger partial charge on any atom is 0.0443 e. The van der Waals surface area contributed by atoms with Gasteiger partial charge in [-0.2, -0.15) is 0 Å². The molecular weight excluding hydrogens is 299 g/mol. The van der Waals surface area contributed by atoms with Crippen LogP contribution < -0.4 is 0 Å². The van der Waals surface area contributed by atoms with Gasteiger partial charge in [-0.25, -0.2) is 0 Å². The van der Waals surface area contributed by atoms with Gasteiger partial charge in [-0.05, 0) is 52.6 Å². The van der Waals surface area contributed by atoms with E-state index in [4.69, 9.17) is 23.2 Å². The van der Waals surface area contributed by atoms with Crippen LogP contribution in [0, 0.1) is 0 Å². The van der Waals surface area contributed by atoms with Crippen molar-refractivity contribution >= 4 is 23.2 Å². The fourth-order valence-electron chi connectivity index (χ4n) is 2.53. The Morgan fingerprint density at radius 2 is 1.10 bits per heavy atom. The van der Waals surface area contributed by atoms with Crippen LogP contribution in [0.3, 0.4) is 0 Å². The number of halogens is 2.